The van der Waals surface area contributed by atoms with Crippen molar-refractivity contribution < 1.29 is 9.59 Å². The maximum Gasteiger partial charge on any atom is 0.228 e. The number of rotatable bonds is 8. The largest absolute Gasteiger partial charge is 0.351 e. The molecule has 0 aliphatic heterocycles. The Hall–Kier alpha value is -2.62. The maximum absolute atomic E-state index is 12.8. The summed E-state index contributed by atoms with van der Waals surface area (Å²) in [7, 11) is 0. The van der Waals surface area contributed by atoms with E-state index < -0.39 is 0 Å². The summed E-state index contributed by atoms with van der Waals surface area (Å²) in [4.78, 5) is 24.6. The zero-order chi connectivity index (χ0) is 19.8. The normalized spacial score (nSPS) is 13.1. The zero-order valence-corrected chi connectivity index (χ0v) is 16.7. The van der Waals surface area contributed by atoms with Gasteiger partial charge >= 0.3 is 0 Å². The Balaban J connectivity index is 1.99. The van der Waals surface area contributed by atoms with Crippen LogP contribution in [0.2, 0.25) is 0 Å². The van der Waals surface area contributed by atoms with Crippen LogP contribution in [-0.4, -0.2) is 11.8 Å². The highest BCUT2D eigenvalue weighted by Gasteiger charge is 2.25. The second-order valence-electron chi connectivity index (χ2n) is 7.33. The third-order valence-electron chi connectivity index (χ3n) is 4.87. The lowest BCUT2D eigenvalue weighted by atomic mass is 9.85. The number of carbonyl (C=O) groups excluding carboxylic acids is 2. The Morgan fingerprint density at radius 1 is 0.889 bits per heavy atom. The van der Waals surface area contributed by atoms with E-state index in [0.29, 0.717) is 6.54 Å². The minimum atomic E-state index is -0.152. The van der Waals surface area contributed by atoms with Crippen LogP contribution >= 0.6 is 0 Å². The number of hydrogen-bond acceptors (Lipinski definition) is 2. The molecule has 0 saturated carbocycles. The molecule has 2 N–H and O–H groups in total. The van der Waals surface area contributed by atoms with Crippen LogP contribution in [0.4, 0.5) is 5.69 Å². The molecule has 0 bridgehead atoms. The van der Waals surface area contributed by atoms with Crippen molar-refractivity contribution in [3.05, 3.63) is 65.7 Å². The van der Waals surface area contributed by atoms with E-state index in [0.717, 1.165) is 23.2 Å². The molecule has 2 aromatic carbocycles. The molecule has 0 radical (unpaired) electrons. The molecular formula is C23H30N2O2. The van der Waals surface area contributed by atoms with Crippen LogP contribution in [0, 0.1) is 11.8 Å². The lowest BCUT2D eigenvalue weighted by Gasteiger charge is -2.23. The van der Waals surface area contributed by atoms with Crippen LogP contribution in [0.1, 0.15) is 51.2 Å². The van der Waals surface area contributed by atoms with Crippen LogP contribution in [0.5, 0.6) is 0 Å². The van der Waals surface area contributed by atoms with Gasteiger partial charge in [-0.15, -0.1) is 0 Å². The average Bonchev–Trinajstić information content (AvgIpc) is 2.68. The van der Waals surface area contributed by atoms with Crippen molar-refractivity contribution >= 4 is 17.5 Å². The van der Waals surface area contributed by atoms with E-state index in [2.05, 4.69) is 24.5 Å². The van der Waals surface area contributed by atoms with Gasteiger partial charge in [-0.2, -0.15) is 0 Å². The Kier molecular flexibility index (Phi) is 7.59. The highest BCUT2D eigenvalue weighted by Crippen LogP contribution is 2.27. The Bertz CT molecular complexity index is 739. The third kappa shape index (κ3) is 5.95. The highest BCUT2D eigenvalue weighted by atomic mass is 16.2. The molecular weight excluding hydrogens is 336 g/mol. The predicted molar refractivity (Wildman–Crippen MR) is 110 cm³/mol. The molecule has 0 spiro atoms. The first-order chi connectivity index (χ1) is 12.9. The molecule has 2 amide bonds. The minimum absolute atomic E-state index is 0.00434. The first-order valence-electron chi connectivity index (χ1n) is 9.64. The quantitative estimate of drug-likeness (QED) is 0.710. The number of anilines is 1. The molecule has 0 saturated heterocycles. The fourth-order valence-electron chi connectivity index (χ4n) is 2.93. The van der Waals surface area contributed by atoms with E-state index in [1.165, 1.54) is 0 Å². The van der Waals surface area contributed by atoms with Gasteiger partial charge in [-0.05, 0) is 29.2 Å². The minimum Gasteiger partial charge on any atom is -0.351 e. The summed E-state index contributed by atoms with van der Waals surface area (Å²) in [6, 6.07) is 17.5. The van der Waals surface area contributed by atoms with Crippen molar-refractivity contribution in [3.63, 3.8) is 0 Å². The van der Waals surface area contributed by atoms with E-state index in [-0.39, 0.29) is 29.6 Å². The highest BCUT2D eigenvalue weighted by molar-refractivity contribution is 5.92. The molecule has 27 heavy (non-hydrogen) atoms. The van der Waals surface area contributed by atoms with Crippen molar-refractivity contribution in [2.24, 2.45) is 11.8 Å². The van der Waals surface area contributed by atoms with Gasteiger partial charge in [-0.1, -0.05) is 76.6 Å². The molecule has 2 unspecified atom stereocenters. The number of hydrogen-bond donors (Lipinski definition) is 2. The van der Waals surface area contributed by atoms with Crippen LogP contribution in [0.3, 0.4) is 0 Å². The summed E-state index contributed by atoms with van der Waals surface area (Å²) in [5.74, 6) is 0.101. The van der Waals surface area contributed by atoms with Gasteiger partial charge in [0.05, 0.1) is 5.92 Å². The van der Waals surface area contributed by atoms with Gasteiger partial charge in [0.25, 0.3) is 0 Å². The van der Waals surface area contributed by atoms with Gasteiger partial charge in [0.1, 0.15) is 0 Å². The van der Waals surface area contributed by atoms with Crippen LogP contribution in [-0.2, 0) is 16.1 Å². The average molecular weight is 367 g/mol. The van der Waals surface area contributed by atoms with Gasteiger partial charge in [0.15, 0.2) is 0 Å². The number of nitrogens with one attached hydrogen (secondary N) is 2. The summed E-state index contributed by atoms with van der Waals surface area (Å²) >= 11 is 0. The molecule has 2 atom stereocenters. The predicted octanol–water partition coefficient (Wildman–Crippen LogP) is 4.73. The molecule has 4 nitrogen and oxygen atoms in total. The lowest BCUT2D eigenvalue weighted by molar-refractivity contribution is -0.124. The van der Waals surface area contributed by atoms with E-state index in [1.54, 1.807) is 0 Å². The molecule has 0 fully saturated rings. The fraction of sp³-hybridized carbons (Fsp3) is 0.391. The Morgan fingerprint density at radius 3 is 2.07 bits per heavy atom. The standard InChI is InChI=1S/C23H30N2O2/c1-5-17(4)21(19-9-7-6-8-10-19)23(27)24-15-18-11-13-20(14-12-18)25-22(26)16(2)3/h6-14,16-17,21H,5,15H2,1-4H3,(H,24,27)(H,25,26). The van der Waals surface area contributed by atoms with Gasteiger partial charge in [0, 0.05) is 18.2 Å². The van der Waals surface area contributed by atoms with Crippen molar-refractivity contribution in [2.45, 2.75) is 46.6 Å². The van der Waals surface area contributed by atoms with Crippen molar-refractivity contribution in [1.29, 1.82) is 0 Å². The lowest BCUT2D eigenvalue weighted by Crippen LogP contribution is -2.32. The van der Waals surface area contributed by atoms with Crippen LogP contribution in [0.15, 0.2) is 54.6 Å². The first kappa shape index (κ1) is 20.7. The fourth-order valence-corrected chi connectivity index (χ4v) is 2.93. The Labute approximate surface area is 162 Å². The molecule has 0 aromatic heterocycles. The summed E-state index contributed by atoms with van der Waals surface area (Å²) in [5, 5.41) is 5.93. The van der Waals surface area contributed by atoms with Gasteiger partial charge in [-0.25, -0.2) is 0 Å². The number of carbonyl (C=O) groups is 2. The molecule has 0 heterocycles. The molecule has 2 rings (SSSR count). The van der Waals surface area contributed by atoms with E-state index in [1.807, 2.05) is 68.4 Å². The van der Waals surface area contributed by atoms with Gasteiger partial charge in [-0.3, -0.25) is 9.59 Å². The Morgan fingerprint density at radius 2 is 1.52 bits per heavy atom. The third-order valence-corrected chi connectivity index (χ3v) is 4.87. The molecule has 144 valence electrons. The SMILES string of the molecule is CCC(C)C(C(=O)NCc1ccc(NC(=O)C(C)C)cc1)c1ccccc1. The topological polar surface area (TPSA) is 58.2 Å². The first-order valence-corrected chi connectivity index (χ1v) is 9.64. The smallest absolute Gasteiger partial charge is 0.228 e. The summed E-state index contributed by atoms with van der Waals surface area (Å²) in [6.07, 6.45) is 0.942. The van der Waals surface area contributed by atoms with E-state index >= 15 is 0 Å². The van der Waals surface area contributed by atoms with Crippen molar-refractivity contribution in [1.82, 2.24) is 5.32 Å². The second-order valence-corrected chi connectivity index (χ2v) is 7.33. The van der Waals surface area contributed by atoms with E-state index in [9.17, 15) is 9.59 Å². The maximum atomic E-state index is 12.8. The number of benzene rings is 2. The summed E-state index contributed by atoms with van der Waals surface area (Å²) in [6.45, 7) is 8.41. The molecule has 4 heteroatoms. The number of amides is 2. The van der Waals surface area contributed by atoms with Gasteiger partial charge < -0.3 is 10.6 Å². The zero-order valence-electron chi connectivity index (χ0n) is 16.7. The molecule has 2 aromatic rings. The summed E-state index contributed by atoms with van der Waals surface area (Å²) in [5.41, 5.74) is 2.82. The molecule has 0 aliphatic rings. The van der Waals surface area contributed by atoms with Crippen LogP contribution in [0.25, 0.3) is 0 Å². The monoisotopic (exact) mass is 366 g/mol. The van der Waals surface area contributed by atoms with Crippen molar-refractivity contribution in [3.8, 4) is 0 Å². The van der Waals surface area contributed by atoms with Crippen molar-refractivity contribution in [2.75, 3.05) is 5.32 Å². The molecule has 0 aliphatic carbocycles. The van der Waals surface area contributed by atoms with Crippen LogP contribution < -0.4 is 10.6 Å². The summed E-state index contributed by atoms with van der Waals surface area (Å²) < 4.78 is 0. The van der Waals surface area contributed by atoms with Gasteiger partial charge in [0.2, 0.25) is 11.8 Å². The second kappa shape index (κ2) is 9.91. The van der Waals surface area contributed by atoms with E-state index in [4.69, 9.17) is 0 Å².